The summed E-state index contributed by atoms with van der Waals surface area (Å²) in [5.41, 5.74) is 2.03. The van der Waals surface area contributed by atoms with Crippen molar-refractivity contribution in [3.05, 3.63) is 71.9 Å². The van der Waals surface area contributed by atoms with Gasteiger partial charge in [-0.2, -0.15) is 0 Å². The van der Waals surface area contributed by atoms with Gasteiger partial charge in [-0.15, -0.1) is 0 Å². The number of carbonyl (C=O) groups is 2. The summed E-state index contributed by atoms with van der Waals surface area (Å²) in [5, 5.41) is 4.43. The highest BCUT2D eigenvalue weighted by Crippen LogP contribution is 2.33. The predicted octanol–water partition coefficient (Wildman–Crippen LogP) is 5.72. The Morgan fingerprint density at radius 3 is 2.43 bits per heavy atom. The first kappa shape index (κ1) is 23.7. The van der Waals surface area contributed by atoms with Crippen molar-refractivity contribution < 1.29 is 9.59 Å². The van der Waals surface area contributed by atoms with Gasteiger partial charge in [0, 0.05) is 23.5 Å². The molecule has 5 rings (SSSR count). The maximum atomic E-state index is 13.9. The van der Waals surface area contributed by atoms with Crippen LogP contribution in [0.3, 0.4) is 0 Å². The van der Waals surface area contributed by atoms with Gasteiger partial charge in [0.25, 0.3) is 5.91 Å². The molecule has 1 aliphatic carbocycles. The van der Waals surface area contributed by atoms with Crippen LogP contribution in [0.4, 0.5) is 0 Å². The van der Waals surface area contributed by atoms with Crippen LogP contribution in [-0.4, -0.2) is 39.4 Å². The summed E-state index contributed by atoms with van der Waals surface area (Å²) in [6.45, 7) is 3.00. The molecule has 0 spiro atoms. The number of nitrogens with zero attached hydrogens (tertiary/aromatic N) is 2. The second-order valence-corrected chi connectivity index (χ2v) is 10.5. The Balaban J connectivity index is 1.42. The molecule has 1 N–H and O–H groups in total. The van der Waals surface area contributed by atoms with Crippen LogP contribution >= 0.6 is 0 Å². The summed E-state index contributed by atoms with van der Waals surface area (Å²) in [6.07, 6.45) is 9.87. The van der Waals surface area contributed by atoms with Crippen LogP contribution in [0.1, 0.15) is 74.3 Å². The Bertz CT molecular complexity index is 1180. The van der Waals surface area contributed by atoms with E-state index in [0.717, 1.165) is 49.4 Å². The molecular weight excluding hydrogens is 434 g/mol. The molecule has 1 aromatic heterocycles. The number of fused-ring (bicyclic) bond motifs is 3. The fourth-order valence-corrected chi connectivity index (χ4v) is 5.88. The number of para-hydroxylation sites is 1. The van der Waals surface area contributed by atoms with Gasteiger partial charge in [0.05, 0.1) is 6.54 Å². The number of aromatic nitrogens is 1. The van der Waals surface area contributed by atoms with Crippen molar-refractivity contribution in [2.75, 3.05) is 6.54 Å². The monoisotopic (exact) mass is 471 g/mol. The summed E-state index contributed by atoms with van der Waals surface area (Å²) >= 11 is 0. The lowest BCUT2D eigenvalue weighted by molar-refractivity contribution is -0.133. The van der Waals surface area contributed by atoms with Crippen LogP contribution in [0.15, 0.2) is 60.7 Å². The number of carbonyl (C=O) groups excluding carboxylic acids is 2. The molecule has 184 valence electrons. The minimum Gasteiger partial charge on any atom is -0.351 e. The van der Waals surface area contributed by atoms with Crippen LogP contribution in [0, 0.1) is 0 Å². The maximum Gasteiger partial charge on any atom is 0.271 e. The molecule has 2 heterocycles. The summed E-state index contributed by atoms with van der Waals surface area (Å²) in [7, 11) is 0. The van der Waals surface area contributed by atoms with E-state index in [2.05, 4.69) is 22.0 Å². The molecule has 0 bridgehead atoms. The van der Waals surface area contributed by atoms with Crippen molar-refractivity contribution in [3.8, 4) is 0 Å². The second kappa shape index (κ2) is 10.3. The van der Waals surface area contributed by atoms with E-state index in [0.29, 0.717) is 18.8 Å². The fourth-order valence-electron chi connectivity index (χ4n) is 5.88. The molecule has 2 aromatic carbocycles. The summed E-state index contributed by atoms with van der Waals surface area (Å²) in [6, 6.07) is 20.6. The van der Waals surface area contributed by atoms with Gasteiger partial charge in [-0.3, -0.25) is 9.59 Å². The zero-order valence-corrected chi connectivity index (χ0v) is 20.8. The number of aryl methyl sites for hydroxylation is 1. The lowest BCUT2D eigenvalue weighted by Gasteiger charge is -2.45. The van der Waals surface area contributed by atoms with Crippen LogP contribution in [-0.2, 0) is 17.8 Å². The van der Waals surface area contributed by atoms with E-state index in [9.17, 15) is 9.59 Å². The van der Waals surface area contributed by atoms with E-state index in [1.54, 1.807) is 0 Å². The third-order valence-corrected chi connectivity index (χ3v) is 7.96. The number of hydrogen-bond donors (Lipinski definition) is 1. The maximum absolute atomic E-state index is 13.9. The average molecular weight is 472 g/mol. The summed E-state index contributed by atoms with van der Waals surface area (Å²) in [4.78, 5) is 29.6. The van der Waals surface area contributed by atoms with E-state index in [4.69, 9.17) is 0 Å². The third-order valence-electron chi connectivity index (χ3n) is 7.96. The van der Waals surface area contributed by atoms with Crippen LogP contribution < -0.4 is 5.32 Å². The SMILES string of the molecule is C[C@@]1(C(=O)NC2CCCCCCC2)Cn2c(cc3ccccc32)C(=O)N1CCCc1ccccc1. The Morgan fingerprint density at radius 2 is 1.66 bits per heavy atom. The fraction of sp³-hybridized carbons (Fsp3) is 0.467. The van der Waals surface area contributed by atoms with E-state index in [1.165, 1.54) is 24.8 Å². The topological polar surface area (TPSA) is 54.3 Å². The molecule has 0 unspecified atom stereocenters. The van der Waals surface area contributed by atoms with E-state index >= 15 is 0 Å². The van der Waals surface area contributed by atoms with Gasteiger partial charge in [0.2, 0.25) is 5.91 Å². The molecule has 0 radical (unpaired) electrons. The molecule has 35 heavy (non-hydrogen) atoms. The van der Waals surface area contributed by atoms with Crippen molar-refractivity contribution >= 4 is 22.7 Å². The van der Waals surface area contributed by atoms with Gasteiger partial charge in [-0.25, -0.2) is 0 Å². The first-order valence-corrected chi connectivity index (χ1v) is 13.3. The Kier molecular flexibility index (Phi) is 6.94. The molecule has 1 aliphatic heterocycles. The Hall–Kier alpha value is -3.08. The first-order chi connectivity index (χ1) is 17.1. The lowest BCUT2D eigenvalue weighted by atomic mass is 9.91. The summed E-state index contributed by atoms with van der Waals surface area (Å²) < 4.78 is 2.06. The van der Waals surface area contributed by atoms with Gasteiger partial charge < -0.3 is 14.8 Å². The van der Waals surface area contributed by atoms with Gasteiger partial charge in [0.1, 0.15) is 11.2 Å². The Labute approximate surface area is 208 Å². The molecule has 1 saturated carbocycles. The van der Waals surface area contributed by atoms with Crippen LogP contribution in [0.5, 0.6) is 0 Å². The molecular formula is C30H37N3O2. The standard InChI is InChI=1S/C30H37N3O2/c1-30(29(35)31-25-17-8-3-2-4-9-18-25)22-32-26-19-11-10-16-24(26)21-27(32)28(34)33(30)20-12-15-23-13-6-5-7-14-23/h5-7,10-11,13-14,16,19,21,25H,2-4,8-9,12,15,17-18,20,22H2,1H3,(H,31,35)/t30-/m0/s1. The quantitative estimate of drug-likeness (QED) is 0.500. The second-order valence-electron chi connectivity index (χ2n) is 10.5. The zero-order chi connectivity index (χ0) is 24.3. The average Bonchev–Trinajstić information content (AvgIpc) is 3.22. The highest BCUT2D eigenvalue weighted by atomic mass is 16.2. The normalized spacial score (nSPS) is 21.4. The van der Waals surface area contributed by atoms with Gasteiger partial charge in [-0.05, 0) is 50.3 Å². The minimum atomic E-state index is -0.926. The number of rotatable bonds is 6. The predicted molar refractivity (Wildman–Crippen MR) is 140 cm³/mol. The third kappa shape index (κ3) is 4.86. The lowest BCUT2D eigenvalue weighted by Crippen LogP contribution is -2.65. The van der Waals surface area contributed by atoms with Crippen molar-refractivity contribution in [1.29, 1.82) is 0 Å². The number of nitrogens with one attached hydrogen (secondary N) is 1. The van der Waals surface area contributed by atoms with Crippen LogP contribution in [0.2, 0.25) is 0 Å². The van der Waals surface area contributed by atoms with Crippen molar-refractivity contribution in [2.24, 2.45) is 0 Å². The van der Waals surface area contributed by atoms with E-state index < -0.39 is 5.54 Å². The molecule has 1 fully saturated rings. The molecule has 5 nitrogen and oxygen atoms in total. The number of benzene rings is 2. The van der Waals surface area contributed by atoms with E-state index in [-0.39, 0.29) is 17.9 Å². The van der Waals surface area contributed by atoms with Crippen molar-refractivity contribution in [2.45, 2.75) is 82.8 Å². The highest BCUT2D eigenvalue weighted by molar-refractivity contribution is 6.03. The van der Waals surface area contributed by atoms with Crippen LogP contribution in [0.25, 0.3) is 10.9 Å². The molecule has 3 aromatic rings. The molecule has 5 heteroatoms. The highest BCUT2D eigenvalue weighted by Gasteiger charge is 2.47. The van der Waals surface area contributed by atoms with Gasteiger partial charge in [-0.1, -0.05) is 80.6 Å². The first-order valence-electron chi connectivity index (χ1n) is 13.3. The van der Waals surface area contributed by atoms with E-state index in [1.807, 2.05) is 60.4 Å². The Morgan fingerprint density at radius 1 is 0.971 bits per heavy atom. The van der Waals surface area contributed by atoms with Gasteiger partial charge in [0.15, 0.2) is 0 Å². The molecule has 2 aliphatic rings. The van der Waals surface area contributed by atoms with Crippen molar-refractivity contribution in [3.63, 3.8) is 0 Å². The number of amides is 2. The molecule has 0 saturated heterocycles. The minimum absolute atomic E-state index is 0.0143. The summed E-state index contributed by atoms with van der Waals surface area (Å²) in [5.74, 6) is -0.0598. The number of hydrogen-bond acceptors (Lipinski definition) is 2. The molecule has 1 atom stereocenters. The zero-order valence-electron chi connectivity index (χ0n) is 20.8. The van der Waals surface area contributed by atoms with Gasteiger partial charge >= 0.3 is 0 Å². The molecule has 2 amide bonds. The van der Waals surface area contributed by atoms with Crippen molar-refractivity contribution in [1.82, 2.24) is 14.8 Å². The smallest absolute Gasteiger partial charge is 0.271 e. The largest absolute Gasteiger partial charge is 0.351 e.